The van der Waals surface area contributed by atoms with Gasteiger partial charge in [-0.15, -0.1) is 12.4 Å². The monoisotopic (exact) mass is 455 g/mol. The van der Waals surface area contributed by atoms with Gasteiger partial charge in [0.05, 0.1) is 4.70 Å². The molecular formula is C21H24ClF2N3O2S. The number of thiazole rings is 1. The van der Waals surface area contributed by atoms with Gasteiger partial charge < -0.3 is 9.64 Å². The number of amides is 1. The maximum atomic E-state index is 14.1. The van der Waals surface area contributed by atoms with E-state index in [2.05, 4.69) is 4.98 Å². The molecule has 3 aromatic rings. The van der Waals surface area contributed by atoms with Crippen molar-refractivity contribution in [2.75, 3.05) is 38.7 Å². The lowest BCUT2D eigenvalue weighted by atomic mass is 10.2. The normalized spacial score (nSPS) is 10.9. The number of halogens is 3. The first-order valence-electron chi connectivity index (χ1n) is 9.24. The minimum Gasteiger partial charge on any atom is -0.483 e. The molecule has 0 fully saturated rings. The van der Waals surface area contributed by atoms with E-state index in [1.165, 1.54) is 11.0 Å². The summed E-state index contributed by atoms with van der Waals surface area (Å²) >= 11 is 1.09. The number of fused-ring (bicyclic) bond motifs is 1. The SMILES string of the molecule is Cc1ccccc1OCC(=O)N(CCCN(C)C)c1nc2c(F)cc(F)cc2s1.Cl. The lowest BCUT2D eigenvalue weighted by molar-refractivity contribution is -0.120. The van der Waals surface area contributed by atoms with Crippen LogP contribution >= 0.6 is 23.7 Å². The maximum Gasteiger partial charge on any atom is 0.266 e. The van der Waals surface area contributed by atoms with E-state index in [0.717, 1.165) is 29.5 Å². The molecule has 0 N–H and O–H groups in total. The van der Waals surface area contributed by atoms with E-state index in [4.69, 9.17) is 4.74 Å². The van der Waals surface area contributed by atoms with Crippen LogP contribution in [0.4, 0.5) is 13.9 Å². The molecule has 0 unspecified atom stereocenters. The molecule has 0 bridgehead atoms. The minimum atomic E-state index is -0.737. The summed E-state index contributed by atoms with van der Waals surface area (Å²) in [5.41, 5.74) is 0.994. The molecule has 9 heteroatoms. The van der Waals surface area contributed by atoms with Crippen LogP contribution in [0.2, 0.25) is 0 Å². The summed E-state index contributed by atoms with van der Waals surface area (Å²) in [5.74, 6) is -1.06. The Balaban J connectivity index is 0.00000320. The van der Waals surface area contributed by atoms with Crippen LogP contribution in [0.25, 0.3) is 10.2 Å². The van der Waals surface area contributed by atoms with Crippen molar-refractivity contribution in [3.63, 3.8) is 0 Å². The molecule has 0 aliphatic carbocycles. The third kappa shape index (κ3) is 5.87. The van der Waals surface area contributed by atoms with E-state index in [1.807, 2.05) is 44.1 Å². The molecule has 30 heavy (non-hydrogen) atoms. The van der Waals surface area contributed by atoms with Crippen LogP contribution < -0.4 is 9.64 Å². The Labute approximate surface area is 184 Å². The zero-order valence-corrected chi connectivity index (χ0v) is 18.7. The van der Waals surface area contributed by atoms with Gasteiger partial charge in [0, 0.05) is 12.6 Å². The number of para-hydroxylation sites is 1. The predicted octanol–water partition coefficient (Wildman–Crippen LogP) is 4.67. The number of rotatable bonds is 8. The number of nitrogens with zero attached hydrogens (tertiary/aromatic N) is 3. The molecule has 0 spiro atoms. The summed E-state index contributed by atoms with van der Waals surface area (Å²) in [6, 6.07) is 9.46. The molecule has 2 aromatic carbocycles. The smallest absolute Gasteiger partial charge is 0.266 e. The van der Waals surface area contributed by atoms with Gasteiger partial charge in [-0.2, -0.15) is 0 Å². The summed E-state index contributed by atoms with van der Waals surface area (Å²) in [4.78, 5) is 20.7. The third-order valence-electron chi connectivity index (χ3n) is 4.37. The summed E-state index contributed by atoms with van der Waals surface area (Å²) in [5, 5.41) is 0.335. The molecule has 3 rings (SSSR count). The van der Waals surface area contributed by atoms with E-state index in [-0.39, 0.29) is 30.4 Å². The highest BCUT2D eigenvalue weighted by Crippen LogP contribution is 2.31. The van der Waals surface area contributed by atoms with Gasteiger partial charge in [0.15, 0.2) is 17.6 Å². The molecule has 1 amide bonds. The summed E-state index contributed by atoms with van der Waals surface area (Å²) in [6.07, 6.45) is 0.704. The van der Waals surface area contributed by atoms with E-state index in [9.17, 15) is 13.6 Å². The molecule has 1 heterocycles. The molecule has 0 aliphatic heterocycles. The number of anilines is 1. The van der Waals surface area contributed by atoms with Gasteiger partial charge in [-0.1, -0.05) is 29.5 Å². The fourth-order valence-electron chi connectivity index (χ4n) is 2.87. The van der Waals surface area contributed by atoms with Crippen LogP contribution in [0.3, 0.4) is 0 Å². The molecule has 0 radical (unpaired) electrons. The van der Waals surface area contributed by atoms with Crippen molar-refractivity contribution in [2.24, 2.45) is 0 Å². The van der Waals surface area contributed by atoms with Crippen LogP contribution in [-0.4, -0.2) is 49.6 Å². The number of aryl methyl sites for hydroxylation is 1. The molecule has 0 aliphatic rings. The second-order valence-electron chi connectivity index (χ2n) is 6.99. The molecule has 0 atom stereocenters. The van der Waals surface area contributed by atoms with Gasteiger partial charge >= 0.3 is 0 Å². The number of carbonyl (C=O) groups is 1. The molecule has 0 saturated heterocycles. The topological polar surface area (TPSA) is 45.7 Å². The quantitative estimate of drug-likeness (QED) is 0.495. The van der Waals surface area contributed by atoms with E-state index in [1.54, 1.807) is 6.07 Å². The Morgan fingerprint density at radius 3 is 2.60 bits per heavy atom. The van der Waals surface area contributed by atoms with Crippen molar-refractivity contribution < 1.29 is 18.3 Å². The van der Waals surface area contributed by atoms with Crippen LogP contribution in [0.1, 0.15) is 12.0 Å². The fraction of sp³-hybridized carbons (Fsp3) is 0.333. The lowest BCUT2D eigenvalue weighted by Crippen LogP contribution is -2.37. The predicted molar refractivity (Wildman–Crippen MR) is 119 cm³/mol. The van der Waals surface area contributed by atoms with E-state index >= 15 is 0 Å². The van der Waals surface area contributed by atoms with Gasteiger partial charge in [-0.25, -0.2) is 13.8 Å². The van der Waals surface area contributed by atoms with Gasteiger partial charge in [-0.05, 0) is 51.7 Å². The average molecular weight is 456 g/mol. The van der Waals surface area contributed by atoms with Crippen molar-refractivity contribution in [2.45, 2.75) is 13.3 Å². The minimum absolute atomic E-state index is 0. The number of hydrogen-bond acceptors (Lipinski definition) is 5. The second-order valence-corrected chi connectivity index (χ2v) is 8.00. The Morgan fingerprint density at radius 1 is 1.17 bits per heavy atom. The standard InChI is InChI=1S/C21H23F2N3O2S.ClH/c1-14-7-4-5-8-17(14)28-13-19(27)26(10-6-9-25(2)3)21-24-20-16(23)11-15(22)12-18(20)29-21;/h4-5,7-8,11-12H,6,9-10,13H2,1-3H3;1H. The third-order valence-corrected chi connectivity index (χ3v) is 5.39. The Kier molecular flexibility index (Phi) is 8.52. The number of ether oxygens (including phenoxy) is 1. The molecule has 0 saturated carbocycles. The fourth-order valence-corrected chi connectivity index (χ4v) is 3.92. The Bertz CT molecular complexity index is 1010. The Hall–Kier alpha value is -2.29. The summed E-state index contributed by atoms with van der Waals surface area (Å²) < 4.78 is 33.7. The molecule has 5 nitrogen and oxygen atoms in total. The largest absolute Gasteiger partial charge is 0.483 e. The zero-order chi connectivity index (χ0) is 21.0. The first kappa shape index (κ1) is 24.0. The van der Waals surface area contributed by atoms with E-state index < -0.39 is 11.6 Å². The number of carbonyl (C=O) groups excluding carboxylic acids is 1. The Morgan fingerprint density at radius 2 is 1.90 bits per heavy atom. The van der Waals surface area contributed by atoms with Crippen LogP contribution in [0.15, 0.2) is 36.4 Å². The highest BCUT2D eigenvalue weighted by Gasteiger charge is 2.22. The van der Waals surface area contributed by atoms with Crippen molar-refractivity contribution in [1.82, 2.24) is 9.88 Å². The molecular weight excluding hydrogens is 432 g/mol. The molecule has 162 valence electrons. The number of benzene rings is 2. The maximum absolute atomic E-state index is 14.1. The summed E-state index contributed by atoms with van der Waals surface area (Å²) in [6.45, 7) is 2.91. The van der Waals surface area contributed by atoms with E-state index in [0.29, 0.717) is 28.5 Å². The van der Waals surface area contributed by atoms with Crippen molar-refractivity contribution in [1.29, 1.82) is 0 Å². The average Bonchev–Trinajstić information content (AvgIpc) is 3.08. The van der Waals surface area contributed by atoms with Crippen LogP contribution in [0, 0.1) is 18.6 Å². The van der Waals surface area contributed by atoms with Crippen molar-refractivity contribution >= 4 is 45.0 Å². The highest BCUT2D eigenvalue weighted by atomic mass is 35.5. The van der Waals surface area contributed by atoms with Crippen LogP contribution in [-0.2, 0) is 4.79 Å². The highest BCUT2D eigenvalue weighted by molar-refractivity contribution is 7.22. The second kappa shape index (κ2) is 10.7. The number of aromatic nitrogens is 1. The van der Waals surface area contributed by atoms with Gasteiger partial charge in [0.1, 0.15) is 17.1 Å². The summed E-state index contributed by atoms with van der Waals surface area (Å²) in [7, 11) is 3.90. The lowest BCUT2D eigenvalue weighted by Gasteiger charge is -2.21. The van der Waals surface area contributed by atoms with Crippen molar-refractivity contribution in [3.8, 4) is 5.75 Å². The first-order chi connectivity index (χ1) is 13.8. The van der Waals surface area contributed by atoms with Crippen molar-refractivity contribution in [3.05, 3.63) is 53.6 Å². The number of hydrogen-bond donors (Lipinski definition) is 0. The van der Waals surface area contributed by atoms with Crippen LogP contribution in [0.5, 0.6) is 5.75 Å². The van der Waals surface area contributed by atoms with Gasteiger partial charge in [0.2, 0.25) is 0 Å². The van der Waals surface area contributed by atoms with Gasteiger partial charge in [0.25, 0.3) is 5.91 Å². The first-order valence-corrected chi connectivity index (χ1v) is 10.1. The van der Waals surface area contributed by atoms with Gasteiger partial charge in [-0.3, -0.25) is 9.69 Å². The molecule has 1 aromatic heterocycles. The zero-order valence-electron chi connectivity index (χ0n) is 17.0.